The van der Waals surface area contributed by atoms with Crippen molar-refractivity contribution >= 4 is 0 Å². The molecule has 0 amide bonds. The van der Waals surface area contributed by atoms with Crippen LogP contribution in [0.5, 0.6) is 0 Å². The first kappa shape index (κ1) is 15.0. The Kier molecular flexibility index (Phi) is 7.87. The van der Waals surface area contributed by atoms with E-state index in [1.807, 2.05) is 0 Å². The van der Waals surface area contributed by atoms with Gasteiger partial charge in [0.1, 0.15) is 0 Å². The topological polar surface area (TPSA) is 29.3 Å². The molecule has 17 heavy (non-hydrogen) atoms. The first-order chi connectivity index (χ1) is 8.27. The molecule has 2 unspecified atom stereocenters. The highest BCUT2D eigenvalue weighted by Gasteiger charge is 2.22. The van der Waals surface area contributed by atoms with Crippen LogP contribution >= 0.6 is 0 Å². The molecule has 0 saturated carbocycles. The van der Waals surface area contributed by atoms with E-state index in [0.29, 0.717) is 0 Å². The lowest BCUT2D eigenvalue weighted by molar-refractivity contribution is 0.127. The van der Waals surface area contributed by atoms with Crippen LogP contribution in [0.15, 0.2) is 0 Å². The van der Waals surface area contributed by atoms with Crippen molar-refractivity contribution in [2.45, 2.75) is 71.3 Å². The summed E-state index contributed by atoms with van der Waals surface area (Å²) < 4.78 is 0. The standard InChI is InChI=1S/C15H32N2/c1-3-4-5-6-7-9-14(2)17-11-8-10-15(12-16)13-17/h14-15H,3-13,16H2,1-2H3. The second-order valence-electron chi connectivity index (χ2n) is 5.79. The Balaban J connectivity index is 2.11. The fourth-order valence-corrected chi connectivity index (χ4v) is 2.92. The van der Waals surface area contributed by atoms with Gasteiger partial charge in [-0.25, -0.2) is 0 Å². The third-order valence-corrected chi connectivity index (χ3v) is 4.23. The Morgan fingerprint density at radius 2 is 2.00 bits per heavy atom. The lowest BCUT2D eigenvalue weighted by atomic mass is 9.96. The molecule has 1 saturated heterocycles. The van der Waals surface area contributed by atoms with Gasteiger partial charge in [-0.1, -0.05) is 39.0 Å². The molecule has 2 heteroatoms. The molecular formula is C15H32N2. The van der Waals surface area contributed by atoms with Gasteiger partial charge in [0.05, 0.1) is 0 Å². The molecule has 2 nitrogen and oxygen atoms in total. The number of hydrogen-bond acceptors (Lipinski definition) is 2. The quantitative estimate of drug-likeness (QED) is 0.659. The number of nitrogens with two attached hydrogens (primary N) is 1. The maximum Gasteiger partial charge on any atom is 0.00670 e. The Morgan fingerprint density at radius 3 is 2.71 bits per heavy atom. The lowest BCUT2D eigenvalue weighted by Crippen LogP contribution is -2.43. The van der Waals surface area contributed by atoms with Crippen molar-refractivity contribution in [2.24, 2.45) is 11.7 Å². The summed E-state index contributed by atoms with van der Waals surface area (Å²) in [5, 5.41) is 0. The minimum absolute atomic E-state index is 0.756. The zero-order chi connectivity index (χ0) is 12.5. The van der Waals surface area contributed by atoms with Crippen LogP contribution in [0.2, 0.25) is 0 Å². The summed E-state index contributed by atoms with van der Waals surface area (Å²) >= 11 is 0. The van der Waals surface area contributed by atoms with Crippen molar-refractivity contribution in [3.8, 4) is 0 Å². The van der Waals surface area contributed by atoms with Crippen LogP contribution in [0, 0.1) is 5.92 Å². The van der Waals surface area contributed by atoms with Crippen molar-refractivity contribution in [3.05, 3.63) is 0 Å². The fourth-order valence-electron chi connectivity index (χ4n) is 2.92. The molecule has 0 bridgehead atoms. The average molecular weight is 240 g/mol. The van der Waals surface area contributed by atoms with Gasteiger partial charge in [-0.2, -0.15) is 0 Å². The van der Waals surface area contributed by atoms with Crippen LogP contribution in [0.25, 0.3) is 0 Å². The van der Waals surface area contributed by atoms with Crippen molar-refractivity contribution in [3.63, 3.8) is 0 Å². The summed E-state index contributed by atoms with van der Waals surface area (Å²) in [6.07, 6.45) is 11.1. The van der Waals surface area contributed by atoms with Crippen LogP contribution in [0.1, 0.15) is 65.2 Å². The van der Waals surface area contributed by atoms with Gasteiger partial charge in [0, 0.05) is 12.6 Å². The van der Waals surface area contributed by atoms with Crippen LogP contribution in [-0.4, -0.2) is 30.6 Å². The highest BCUT2D eigenvalue weighted by atomic mass is 15.2. The third kappa shape index (κ3) is 5.87. The lowest BCUT2D eigenvalue weighted by Gasteiger charge is -2.36. The van der Waals surface area contributed by atoms with E-state index in [1.54, 1.807) is 0 Å². The number of unbranched alkanes of at least 4 members (excludes halogenated alkanes) is 4. The monoisotopic (exact) mass is 240 g/mol. The van der Waals surface area contributed by atoms with E-state index in [1.165, 1.54) is 64.5 Å². The molecule has 0 spiro atoms. The van der Waals surface area contributed by atoms with E-state index in [0.717, 1.165) is 18.5 Å². The summed E-state index contributed by atoms with van der Waals surface area (Å²) in [6, 6.07) is 0.769. The van der Waals surface area contributed by atoms with Gasteiger partial charge in [0.2, 0.25) is 0 Å². The Labute approximate surface area is 108 Å². The second-order valence-corrected chi connectivity index (χ2v) is 5.79. The minimum Gasteiger partial charge on any atom is -0.330 e. The van der Waals surface area contributed by atoms with E-state index < -0.39 is 0 Å². The van der Waals surface area contributed by atoms with Crippen molar-refractivity contribution in [1.82, 2.24) is 4.90 Å². The molecule has 1 aliphatic rings. The second kappa shape index (κ2) is 8.93. The normalized spacial score (nSPS) is 23.8. The van der Waals surface area contributed by atoms with Crippen LogP contribution in [0.3, 0.4) is 0 Å². The fraction of sp³-hybridized carbons (Fsp3) is 1.00. The van der Waals surface area contributed by atoms with Gasteiger partial charge in [0.15, 0.2) is 0 Å². The number of nitrogens with zero attached hydrogens (tertiary/aromatic N) is 1. The van der Waals surface area contributed by atoms with Gasteiger partial charge >= 0.3 is 0 Å². The van der Waals surface area contributed by atoms with Gasteiger partial charge in [-0.3, -0.25) is 0 Å². The predicted molar refractivity (Wildman–Crippen MR) is 76.2 cm³/mol. The Bertz CT molecular complexity index is 182. The zero-order valence-electron chi connectivity index (χ0n) is 12.0. The van der Waals surface area contributed by atoms with E-state index in [-0.39, 0.29) is 0 Å². The summed E-state index contributed by atoms with van der Waals surface area (Å²) in [5.74, 6) is 0.756. The summed E-state index contributed by atoms with van der Waals surface area (Å²) in [5.41, 5.74) is 5.79. The largest absolute Gasteiger partial charge is 0.330 e. The summed E-state index contributed by atoms with van der Waals surface area (Å²) in [7, 11) is 0. The summed E-state index contributed by atoms with van der Waals surface area (Å²) in [6.45, 7) is 8.10. The molecule has 1 fully saturated rings. The number of rotatable bonds is 8. The maximum absolute atomic E-state index is 5.79. The van der Waals surface area contributed by atoms with Crippen molar-refractivity contribution in [2.75, 3.05) is 19.6 Å². The molecular weight excluding hydrogens is 208 g/mol. The van der Waals surface area contributed by atoms with Crippen molar-refractivity contribution < 1.29 is 0 Å². The minimum atomic E-state index is 0.756. The molecule has 0 aliphatic carbocycles. The highest BCUT2D eigenvalue weighted by molar-refractivity contribution is 4.77. The molecule has 0 aromatic carbocycles. The molecule has 2 atom stereocenters. The molecule has 1 heterocycles. The third-order valence-electron chi connectivity index (χ3n) is 4.23. The van der Waals surface area contributed by atoms with Crippen LogP contribution in [0.4, 0.5) is 0 Å². The Morgan fingerprint density at radius 1 is 1.24 bits per heavy atom. The molecule has 1 aliphatic heterocycles. The molecule has 0 aromatic rings. The van der Waals surface area contributed by atoms with Gasteiger partial charge in [-0.15, -0.1) is 0 Å². The predicted octanol–water partition coefficient (Wildman–Crippen LogP) is 3.41. The SMILES string of the molecule is CCCCCCCC(C)N1CCCC(CN)C1. The number of hydrogen-bond donors (Lipinski definition) is 1. The van der Waals surface area contributed by atoms with E-state index in [2.05, 4.69) is 18.7 Å². The number of likely N-dealkylation sites (tertiary alicyclic amines) is 1. The smallest absolute Gasteiger partial charge is 0.00670 e. The molecule has 0 aromatic heterocycles. The van der Waals surface area contributed by atoms with Gasteiger partial charge in [-0.05, 0) is 45.2 Å². The van der Waals surface area contributed by atoms with Gasteiger partial charge in [0.25, 0.3) is 0 Å². The maximum atomic E-state index is 5.79. The van der Waals surface area contributed by atoms with Crippen LogP contribution in [-0.2, 0) is 0 Å². The van der Waals surface area contributed by atoms with Crippen molar-refractivity contribution in [1.29, 1.82) is 0 Å². The van der Waals surface area contributed by atoms with E-state index in [4.69, 9.17) is 5.73 Å². The Hall–Kier alpha value is -0.0800. The van der Waals surface area contributed by atoms with Gasteiger partial charge < -0.3 is 10.6 Å². The first-order valence-corrected chi connectivity index (χ1v) is 7.72. The van der Waals surface area contributed by atoms with E-state index in [9.17, 15) is 0 Å². The molecule has 102 valence electrons. The molecule has 0 radical (unpaired) electrons. The highest BCUT2D eigenvalue weighted by Crippen LogP contribution is 2.20. The average Bonchev–Trinajstić information content (AvgIpc) is 2.38. The molecule has 1 rings (SSSR count). The van der Waals surface area contributed by atoms with E-state index >= 15 is 0 Å². The van der Waals surface area contributed by atoms with Crippen LogP contribution < -0.4 is 5.73 Å². The zero-order valence-corrected chi connectivity index (χ0v) is 12.0. The summed E-state index contributed by atoms with van der Waals surface area (Å²) in [4.78, 5) is 2.67. The molecule has 2 N–H and O–H groups in total. The first-order valence-electron chi connectivity index (χ1n) is 7.72. The number of piperidine rings is 1.